The molecule has 1 unspecified atom stereocenters. The zero-order chi connectivity index (χ0) is 18.7. The number of hydrogen-bond donors (Lipinski definition) is 1. The fourth-order valence-corrected chi connectivity index (χ4v) is 2.45. The number of benzene rings is 1. The minimum absolute atomic E-state index is 0.0357. The van der Waals surface area contributed by atoms with Gasteiger partial charge in [0.2, 0.25) is 5.95 Å². The van der Waals surface area contributed by atoms with Gasteiger partial charge in [0, 0.05) is 25.0 Å². The lowest BCUT2D eigenvalue weighted by Gasteiger charge is -2.14. The number of aryl methyl sites for hydroxylation is 2. The SMILES string of the molecule is CCC(C)Oc1ccc(-c2nc(Nc3cnn(C)c3)ncc2C)cc1F. The first kappa shape index (κ1) is 17.8. The van der Waals surface area contributed by atoms with E-state index in [-0.39, 0.29) is 11.9 Å². The van der Waals surface area contributed by atoms with Gasteiger partial charge < -0.3 is 10.1 Å². The topological polar surface area (TPSA) is 64.9 Å². The van der Waals surface area contributed by atoms with Gasteiger partial charge in [-0.3, -0.25) is 4.68 Å². The van der Waals surface area contributed by atoms with Gasteiger partial charge in [0.05, 0.1) is 23.7 Å². The van der Waals surface area contributed by atoms with Crippen LogP contribution in [0.25, 0.3) is 11.3 Å². The molecule has 0 saturated heterocycles. The summed E-state index contributed by atoms with van der Waals surface area (Å²) >= 11 is 0. The van der Waals surface area contributed by atoms with Crippen molar-refractivity contribution in [2.45, 2.75) is 33.3 Å². The van der Waals surface area contributed by atoms with Gasteiger partial charge in [-0.15, -0.1) is 0 Å². The lowest BCUT2D eigenvalue weighted by Crippen LogP contribution is -2.10. The Kier molecular flexibility index (Phi) is 5.16. The van der Waals surface area contributed by atoms with Crippen molar-refractivity contribution >= 4 is 11.6 Å². The molecule has 0 saturated carbocycles. The summed E-state index contributed by atoms with van der Waals surface area (Å²) in [6, 6.07) is 4.90. The third-order valence-electron chi connectivity index (χ3n) is 4.04. The zero-order valence-electron chi connectivity index (χ0n) is 15.3. The maximum Gasteiger partial charge on any atom is 0.227 e. The molecule has 0 bridgehead atoms. The Morgan fingerprint density at radius 3 is 2.77 bits per heavy atom. The predicted octanol–water partition coefficient (Wildman–Crippen LogP) is 4.25. The van der Waals surface area contributed by atoms with Crippen LogP contribution in [0.2, 0.25) is 0 Å². The first-order valence-electron chi connectivity index (χ1n) is 8.52. The van der Waals surface area contributed by atoms with Gasteiger partial charge in [0.15, 0.2) is 11.6 Å². The van der Waals surface area contributed by atoms with Gasteiger partial charge >= 0.3 is 0 Å². The fourth-order valence-electron chi connectivity index (χ4n) is 2.45. The smallest absolute Gasteiger partial charge is 0.227 e. The van der Waals surface area contributed by atoms with Gasteiger partial charge in [-0.2, -0.15) is 5.10 Å². The van der Waals surface area contributed by atoms with Crippen LogP contribution < -0.4 is 10.1 Å². The Morgan fingerprint density at radius 1 is 1.31 bits per heavy atom. The molecule has 1 atom stereocenters. The highest BCUT2D eigenvalue weighted by Gasteiger charge is 2.12. The molecule has 3 rings (SSSR count). The highest BCUT2D eigenvalue weighted by atomic mass is 19.1. The molecule has 0 aliphatic heterocycles. The van der Waals surface area contributed by atoms with E-state index in [1.165, 1.54) is 6.07 Å². The summed E-state index contributed by atoms with van der Waals surface area (Å²) in [6.07, 6.45) is 6.00. The maximum atomic E-state index is 14.4. The minimum atomic E-state index is -0.400. The average molecular weight is 355 g/mol. The summed E-state index contributed by atoms with van der Waals surface area (Å²) in [4.78, 5) is 8.81. The highest BCUT2D eigenvalue weighted by Crippen LogP contribution is 2.28. The summed E-state index contributed by atoms with van der Waals surface area (Å²) in [6.45, 7) is 5.81. The summed E-state index contributed by atoms with van der Waals surface area (Å²) in [5.41, 5.74) is 2.98. The average Bonchev–Trinajstić information content (AvgIpc) is 3.03. The molecule has 0 fully saturated rings. The molecule has 26 heavy (non-hydrogen) atoms. The maximum absolute atomic E-state index is 14.4. The Morgan fingerprint density at radius 2 is 2.12 bits per heavy atom. The lowest BCUT2D eigenvalue weighted by molar-refractivity contribution is 0.208. The summed E-state index contributed by atoms with van der Waals surface area (Å²) in [5.74, 6) is 0.282. The Balaban J connectivity index is 1.88. The second kappa shape index (κ2) is 7.51. The molecule has 0 aliphatic carbocycles. The van der Waals surface area contributed by atoms with Crippen LogP contribution in [-0.4, -0.2) is 25.9 Å². The number of halogens is 1. The molecular formula is C19H22FN5O. The van der Waals surface area contributed by atoms with E-state index in [4.69, 9.17) is 4.74 Å². The van der Waals surface area contributed by atoms with Crippen LogP contribution in [0, 0.1) is 12.7 Å². The van der Waals surface area contributed by atoms with Crippen molar-refractivity contribution in [2.24, 2.45) is 7.05 Å². The number of rotatable bonds is 6. The largest absolute Gasteiger partial charge is 0.488 e. The fraction of sp³-hybridized carbons (Fsp3) is 0.316. The van der Waals surface area contributed by atoms with Crippen LogP contribution in [0.15, 0.2) is 36.8 Å². The van der Waals surface area contributed by atoms with Crippen LogP contribution in [-0.2, 0) is 7.05 Å². The molecular weight excluding hydrogens is 333 g/mol. The van der Waals surface area contributed by atoms with Gasteiger partial charge in [0.1, 0.15) is 0 Å². The number of anilines is 2. The van der Waals surface area contributed by atoms with Crippen LogP contribution in [0.5, 0.6) is 5.75 Å². The standard InChI is InChI=1S/C19H22FN5O/c1-5-13(3)26-17-7-6-14(8-16(17)20)18-12(2)9-21-19(24-18)23-15-10-22-25(4)11-15/h6-11,13H,5H2,1-4H3,(H,21,23,24). The lowest BCUT2D eigenvalue weighted by atomic mass is 10.1. The van der Waals surface area contributed by atoms with Crippen LogP contribution >= 0.6 is 0 Å². The molecule has 0 amide bonds. The van der Waals surface area contributed by atoms with E-state index in [9.17, 15) is 4.39 Å². The van der Waals surface area contributed by atoms with Crippen molar-refractivity contribution in [1.29, 1.82) is 0 Å². The van der Waals surface area contributed by atoms with E-state index in [1.54, 1.807) is 23.1 Å². The van der Waals surface area contributed by atoms with Gasteiger partial charge in [-0.1, -0.05) is 6.92 Å². The number of aromatic nitrogens is 4. The van der Waals surface area contributed by atoms with Crippen molar-refractivity contribution in [3.05, 3.63) is 48.2 Å². The van der Waals surface area contributed by atoms with Crippen molar-refractivity contribution in [1.82, 2.24) is 19.7 Å². The molecule has 3 aromatic rings. The third kappa shape index (κ3) is 3.99. The van der Waals surface area contributed by atoms with Gasteiger partial charge in [-0.25, -0.2) is 14.4 Å². The number of nitrogens with zero attached hydrogens (tertiary/aromatic N) is 4. The Bertz CT molecular complexity index is 909. The summed E-state index contributed by atoms with van der Waals surface area (Å²) in [5, 5.41) is 7.20. The third-order valence-corrected chi connectivity index (χ3v) is 4.04. The quantitative estimate of drug-likeness (QED) is 0.716. The molecule has 0 spiro atoms. The Labute approximate surface area is 152 Å². The molecule has 1 N–H and O–H groups in total. The Hall–Kier alpha value is -2.96. The molecule has 7 heteroatoms. The number of hydrogen-bond acceptors (Lipinski definition) is 5. The molecule has 1 aromatic carbocycles. The molecule has 2 heterocycles. The normalized spacial score (nSPS) is 12.0. The molecule has 6 nitrogen and oxygen atoms in total. The van der Waals surface area contributed by atoms with Crippen LogP contribution in [0.3, 0.4) is 0 Å². The molecule has 136 valence electrons. The first-order valence-corrected chi connectivity index (χ1v) is 8.52. The highest BCUT2D eigenvalue weighted by molar-refractivity contribution is 5.65. The monoisotopic (exact) mass is 355 g/mol. The van der Waals surface area contributed by atoms with E-state index in [0.29, 0.717) is 17.2 Å². The van der Waals surface area contributed by atoms with Gasteiger partial charge in [-0.05, 0) is 44.0 Å². The van der Waals surface area contributed by atoms with E-state index >= 15 is 0 Å². The molecule has 0 radical (unpaired) electrons. The van der Waals surface area contributed by atoms with E-state index in [2.05, 4.69) is 20.4 Å². The second-order valence-electron chi connectivity index (χ2n) is 6.23. The van der Waals surface area contributed by atoms with E-state index in [0.717, 1.165) is 17.7 Å². The number of nitrogens with one attached hydrogen (secondary N) is 1. The van der Waals surface area contributed by atoms with Crippen molar-refractivity contribution in [2.75, 3.05) is 5.32 Å². The van der Waals surface area contributed by atoms with Crippen molar-refractivity contribution < 1.29 is 9.13 Å². The van der Waals surface area contributed by atoms with Crippen LogP contribution in [0.4, 0.5) is 16.0 Å². The minimum Gasteiger partial charge on any atom is -0.488 e. The first-order chi connectivity index (χ1) is 12.5. The summed E-state index contributed by atoms with van der Waals surface area (Å²) in [7, 11) is 1.83. The molecule has 2 aromatic heterocycles. The van der Waals surface area contributed by atoms with E-state index < -0.39 is 5.82 Å². The van der Waals surface area contributed by atoms with Crippen molar-refractivity contribution in [3.8, 4) is 17.0 Å². The summed E-state index contributed by atoms with van der Waals surface area (Å²) < 4.78 is 21.7. The van der Waals surface area contributed by atoms with Gasteiger partial charge in [0.25, 0.3) is 0 Å². The number of ether oxygens (including phenoxy) is 1. The van der Waals surface area contributed by atoms with E-state index in [1.807, 2.05) is 40.1 Å². The molecule has 0 aliphatic rings. The second-order valence-corrected chi connectivity index (χ2v) is 6.23. The zero-order valence-corrected chi connectivity index (χ0v) is 15.3. The predicted molar refractivity (Wildman–Crippen MR) is 99.0 cm³/mol. The van der Waals surface area contributed by atoms with Crippen LogP contribution in [0.1, 0.15) is 25.8 Å². The van der Waals surface area contributed by atoms with Crippen molar-refractivity contribution in [3.63, 3.8) is 0 Å².